The lowest BCUT2D eigenvalue weighted by molar-refractivity contribution is -0.139. The normalized spacial score (nSPS) is 15.7. The van der Waals surface area contributed by atoms with Gasteiger partial charge in [0.25, 0.3) is 5.91 Å². The van der Waals surface area contributed by atoms with Gasteiger partial charge in [0.15, 0.2) is 5.43 Å². The number of nitrogens with one attached hydrogen (secondary N) is 9. The number of phenolic OH excluding ortho intramolecular Hbond substituents is 1. The highest BCUT2D eigenvalue weighted by molar-refractivity contribution is 8.00. The Morgan fingerprint density at radius 3 is 1.99 bits per heavy atom. The van der Waals surface area contributed by atoms with Crippen molar-refractivity contribution in [3.8, 4) is 28.2 Å². The van der Waals surface area contributed by atoms with Crippen LogP contribution in [-0.4, -0.2) is 185 Å². The van der Waals surface area contributed by atoms with Crippen LogP contribution in [0, 0.1) is 0 Å². The molecule has 1 unspecified atom stereocenters. The third-order valence-electron chi connectivity index (χ3n) is 13.7. The first kappa shape index (κ1) is 66.9. The summed E-state index contributed by atoms with van der Waals surface area (Å²) in [5, 5.41) is 58.4. The van der Waals surface area contributed by atoms with Gasteiger partial charge in [-0.1, -0.05) is 0 Å². The lowest BCUT2D eigenvalue weighted by Gasteiger charge is -2.27. The first-order valence-corrected chi connectivity index (χ1v) is 28.1. The fraction of sp³-hybridized carbons (Fsp3) is 0.375. The zero-order valence-electron chi connectivity index (χ0n) is 47.8. The zero-order valence-corrected chi connectivity index (χ0v) is 48.6. The number of likely N-dealkylation sites (tertiary alicyclic amines) is 1. The number of carbonyl (C=O) groups excluding carboxylic acids is 11. The summed E-state index contributed by atoms with van der Waals surface area (Å²) in [6.45, 7) is 5.44. The molecule has 32 heteroatoms. The van der Waals surface area contributed by atoms with Crippen molar-refractivity contribution in [3.63, 3.8) is 0 Å². The number of hydrogen-bond donors (Lipinski definition) is 14. The molecule has 468 valence electrons. The number of phenols is 1. The largest absolute Gasteiger partial charge is 0.508 e. The van der Waals surface area contributed by atoms with E-state index in [0.717, 1.165) is 30.5 Å². The first-order chi connectivity index (χ1) is 41.5. The van der Waals surface area contributed by atoms with Crippen molar-refractivity contribution in [1.29, 1.82) is 0 Å². The van der Waals surface area contributed by atoms with Crippen molar-refractivity contribution in [3.05, 3.63) is 94.2 Å². The molecule has 0 radical (unpaired) electrons. The summed E-state index contributed by atoms with van der Waals surface area (Å²) in [4.78, 5) is 188. The second-order valence-corrected chi connectivity index (χ2v) is 21.7. The number of H-pyrrole nitrogens is 1. The predicted octanol–water partition coefficient (Wildman–Crippen LogP) is -2.27. The van der Waals surface area contributed by atoms with Gasteiger partial charge in [0, 0.05) is 91.1 Å². The average Bonchev–Trinajstić information content (AvgIpc) is 0.964. The van der Waals surface area contributed by atoms with Gasteiger partial charge in [0.05, 0.1) is 23.2 Å². The van der Waals surface area contributed by atoms with Crippen molar-refractivity contribution in [2.45, 2.75) is 114 Å². The molecule has 31 nitrogen and oxygen atoms in total. The number of imidazole rings is 1. The number of carbonyl (C=O) groups is 13. The third-order valence-corrected chi connectivity index (χ3v) is 15.0. The van der Waals surface area contributed by atoms with Gasteiger partial charge in [-0.25, -0.2) is 9.78 Å². The van der Waals surface area contributed by atoms with Crippen LogP contribution in [0.3, 0.4) is 0 Å². The van der Waals surface area contributed by atoms with Gasteiger partial charge < -0.3 is 78.1 Å². The average molecular weight is 1240 g/mol. The van der Waals surface area contributed by atoms with E-state index >= 15 is 0 Å². The number of aliphatic hydroxyl groups excluding tert-OH is 1. The molecule has 2 aromatic carbocycles. The van der Waals surface area contributed by atoms with E-state index in [2.05, 4.69) is 52.5 Å². The van der Waals surface area contributed by atoms with Crippen LogP contribution < -0.4 is 53.7 Å². The molecule has 11 amide bonds. The van der Waals surface area contributed by atoms with E-state index in [9.17, 15) is 82.4 Å². The van der Waals surface area contributed by atoms with Crippen molar-refractivity contribution >= 4 is 99.6 Å². The number of aromatic nitrogens is 2. The summed E-state index contributed by atoms with van der Waals surface area (Å²) >= 11 is 0.862. The number of hydrogen-bond acceptors (Lipinski definition) is 19. The zero-order chi connectivity index (χ0) is 64.8. The number of aromatic amines is 1. The van der Waals surface area contributed by atoms with Gasteiger partial charge >= 0.3 is 11.9 Å². The number of carboxylic acid groups (broad SMARTS) is 2. The summed E-state index contributed by atoms with van der Waals surface area (Å²) in [6, 6.07) is 1.67. The SMILES string of the molecule is CC(=O)N[C@H](CSC1CC(=O)N(CCNC(=O)c2ccc(C(=O)O)c(-c3c4ccc(=O)cc-4oc4cc(O)ccc34)c2)C1=O)C(=O)N[C@H](C)C(=O)N[C@H](C)C(=O)N[C@H](C)C(=O)N[C@@H](C(=O)N[C@H](Cc1cnc[nH]1)C(=O)N[C@H](CCC(=O)O)C(N)=O)[C@H](C)O. The van der Waals surface area contributed by atoms with Gasteiger partial charge in [0.2, 0.25) is 59.1 Å². The minimum Gasteiger partial charge on any atom is -0.508 e. The number of rotatable bonds is 29. The second-order valence-electron chi connectivity index (χ2n) is 20.5. The number of thioether (sulfide) groups is 1. The number of aliphatic carboxylic acids is 1. The van der Waals surface area contributed by atoms with E-state index in [1.165, 1.54) is 87.9 Å². The molecule has 6 rings (SSSR count). The number of benzene rings is 3. The van der Waals surface area contributed by atoms with Crippen LogP contribution in [0.5, 0.6) is 5.75 Å². The van der Waals surface area contributed by atoms with E-state index in [0.29, 0.717) is 22.2 Å². The minimum atomic E-state index is -1.75. The third kappa shape index (κ3) is 17.5. The molecule has 3 aromatic rings. The maximum Gasteiger partial charge on any atom is 0.336 e. The van der Waals surface area contributed by atoms with Crippen LogP contribution in [-0.2, 0) is 59.2 Å². The van der Waals surface area contributed by atoms with E-state index in [1.54, 1.807) is 0 Å². The molecule has 0 saturated carbocycles. The van der Waals surface area contributed by atoms with Crippen molar-refractivity contribution in [1.82, 2.24) is 57.4 Å². The molecule has 3 heterocycles. The van der Waals surface area contributed by atoms with Crippen LogP contribution in [0.15, 0.2) is 76.3 Å². The topological polar surface area (TPSA) is 487 Å². The molecule has 1 aromatic heterocycles. The molecular weight excluding hydrogens is 1180 g/mol. The van der Waals surface area contributed by atoms with Crippen LogP contribution in [0.25, 0.3) is 33.4 Å². The smallest absolute Gasteiger partial charge is 0.336 e. The molecule has 15 N–H and O–H groups in total. The fourth-order valence-electron chi connectivity index (χ4n) is 9.05. The molecule has 3 aliphatic rings. The van der Waals surface area contributed by atoms with Crippen LogP contribution >= 0.6 is 11.8 Å². The molecule has 2 aliphatic heterocycles. The van der Waals surface area contributed by atoms with Gasteiger partial charge in [0.1, 0.15) is 59.4 Å². The van der Waals surface area contributed by atoms with Crippen molar-refractivity contribution < 1.29 is 87.2 Å². The van der Waals surface area contributed by atoms with Crippen molar-refractivity contribution in [2.75, 3.05) is 18.8 Å². The second kappa shape index (κ2) is 29.7. The van der Waals surface area contributed by atoms with Crippen LogP contribution in [0.1, 0.15) is 80.3 Å². The number of nitrogens with two attached hydrogens (primary N) is 1. The Bertz CT molecular complexity index is 3570. The summed E-state index contributed by atoms with van der Waals surface area (Å²) in [6.07, 6.45) is -0.468. The number of aliphatic hydroxyl groups is 1. The Kier molecular flexibility index (Phi) is 22.6. The Labute approximate surface area is 503 Å². The quantitative estimate of drug-likeness (QED) is 0.0177. The summed E-state index contributed by atoms with van der Waals surface area (Å²) in [5.41, 5.74) is 5.90. The number of primary amides is 1. The Morgan fingerprint density at radius 1 is 0.750 bits per heavy atom. The highest BCUT2D eigenvalue weighted by Crippen LogP contribution is 2.42. The van der Waals surface area contributed by atoms with E-state index < -0.39 is 142 Å². The van der Waals surface area contributed by atoms with Gasteiger partial charge in [-0.05, 0) is 82.1 Å². The molecule has 0 spiro atoms. The molecule has 1 fully saturated rings. The molecule has 88 heavy (non-hydrogen) atoms. The maximum atomic E-state index is 13.6. The maximum absolute atomic E-state index is 13.6. The Morgan fingerprint density at radius 2 is 1.39 bits per heavy atom. The van der Waals surface area contributed by atoms with Gasteiger partial charge in [-0.2, -0.15) is 0 Å². The van der Waals surface area contributed by atoms with E-state index in [4.69, 9.17) is 15.3 Å². The monoisotopic (exact) mass is 1240 g/mol. The number of fused-ring (bicyclic) bond motifs is 2. The van der Waals surface area contributed by atoms with Crippen LogP contribution in [0.4, 0.5) is 0 Å². The van der Waals surface area contributed by atoms with Crippen LogP contribution in [0.2, 0.25) is 0 Å². The van der Waals surface area contributed by atoms with E-state index in [1.807, 2.05) is 0 Å². The first-order valence-electron chi connectivity index (χ1n) is 27.1. The van der Waals surface area contributed by atoms with Gasteiger partial charge in [-0.3, -0.25) is 67.2 Å². The molecule has 0 bridgehead atoms. The Balaban J connectivity index is 0.992. The molecular formula is C56H64N12O19S. The minimum absolute atomic E-state index is 0.00918. The highest BCUT2D eigenvalue weighted by Gasteiger charge is 2.40. The number of aromatic hydroxyl groups is 1. The lowest BCUT2D eigenvalue weighted by atomic mass is 9.89. The molecule has 1 aliphatic carbocycles. The number of aromatic carboxylic acids is 1. The van der Waals surface area contributed by atoms with Gasteiger partial charge in [-0.15, -0.1) is 11.8 Å². The molecule has 9 atom stereocenters. The summed E-state index contributed by atoms with van der Waals surface area (Å²) in [7, 11) is 0. The standard InChI is InChI=1S/C56H64N12O19S/c1-24(48(77)62-26(3)50(79)67-46(27(4)69)54(83)66-38(17-30-21-58-23-60-30)52(81)65-37(47(57)76)12-13-44(74)75)61-49(78)25(2)63-53(82)39(64-28(5)70)22-88-42-20-43(73)68(55(42)84)15-14-59-51(80)29-6-9-33(56(85)86)36(16-29)45-34-10-7-31(71)18-40(34)87-41-19-32(72)8-11-35(41)45/h6-11,16,18-19,21,23-27,37-39,42,46,69,71H,12-15,17,20,22H2,1-5H3,(H2,57,76)(H,58,60)(H,59,80)(H,61,78)(H,62,77)(H,63,82)(H,64,70)(H,65,81)(H,66,83)(H,67,79)(H,74,75)(H,85,86)/t24-,25-,26-,27+,37-,38-,39-,42?,46-/m1/s1. The summed E-state index contributed by atoms with van der Waals surface area (Å²) < 4.78 is 5.88. The number of carboxylic acids is 2. The number of imide groups is 1. The fourth-order valence-corrected chi connectivity index (χ4v) is 10.2. The van der Waals surface area contributed by atoms with Crippen molar-refractivity contribution in [2.24, 2.45) is 5.73 Å². The predicted molar refractivity (Wildman–Crippen MR) is 309 cm³/mol. The lowest BCUT2D eigenvalue weighted by Crippen LogP contribution is -2.61. The number of amides is 11. The number of nitrogens with zero attached hydrogens (tertiary/aromatic N) is 2. The van der Waals surface area contributed by atoms with E-state index in [-0.39, 0.29) is 71.9 Å². The highest BCUT2D eigenvalue weighted by atomic mass is 32.2. The Hall–Kier alpha value is -10.2. The summed E-state index contributed by atoms with van der Waals surface area (Å²) in [5.74, 6) is -12.5. The molecule has 1 saturated heterocycles.